The summed E-state index contributed by atoms with van der Waals surface area (Å²) >= 11 is 0. The molecule has 26 heavy (non-hydrogen) atoms. The van der Waals surface area contributed by atoms with Crippen molar-refractivity contribution < 1.29 is 9.21 Å². The van der Waals surface area contributed by atoms with Crippen LogP contribution < -0.4 is 4.90 Å². The summed E-state index contributed by atoms with van der Waals surface area (Å²) in [7, 11) is 0. The van der Waals surface area contributed by atoms with Crippen LogP contribution in [0.15, 0.2) is 47.3 Å². The lowest BCUT2D eigenvalue weighted by Gasteiger charge is -2.34. The number of fused-ring (bicyclic) bond motifs is 1. The number of nitrogens with zero attached hydrogens (tertiary/aromatic N) is 4. The molecule has 3 heterocycles. The van der Waals surface area contributed by atoms with Crippen molar-refractivity contribution >= 4 is 22.8 Å². The lowest BCUT2D eigenvalue weighted by atomic mass is 10.1. The third kappa shape index (κ3) is 3.27. The summed E-state index contributed by atoms with van der Waals surface area (Å²) in [6.07, 6.45) is 6.55. The number of hydrogen-bond acceptors (Lipinski definition) is 5. The minimum absolute atomic E-state index is 0.140. The van der Waals surface area contributed by atoms with Gasteiger partial charge in [-0.2, -0.15) is 0 Å². The van der Waals surface area contributed by atoms with Gasteiger partial charge in [-0.05, 0) is 24.1 Å². The van der Waals surface area contributed by atoms with Gasteiger partial charge < -0.3 is 14.2 Å². The van der Waals surface area contributed by atoms with Crippen molar-refractivity contribution in [3.8, 4) is 0 Å². The number of aromatic nitrogens is 2. The second-order valence-electron chi connectivity index (χ2n) is 6.54. The lowest BCUT2D eigenvalue weighted by Crippen LogP contribution is -2.49. The van der Waals surface area contributed by atoms with Gasteiger partial charge in [0.2, 0.25) is 11.9 Å². The van der Waals surface area contributed by atoms with Crippen LogP contribution in [-0.2, 0) is 17.6 Å². The molecule has 0 bridgehead atoms. The van der Waals surface area contributed by atoms with Crippen molar-refractivity contribution in [1.29, 1.82) is 0 Å². The number of benzene rings is 1. The third-order valence-electron chi connectivity index (χ3n) is 4.94. The summed E-state index contributed by atoms with van der Waals surface area (Å²) in [5.74, 6) is 0.869. The van der Waals surface area contributed by atoms with Gasteiger partial charge in [0.05, 0.1) is 12.7 Å². The highest BCUT2D eigenvalue weighted by molar-refractivity contribution is 5.88. The first-order valence-electron chi connectivity index (χ1n) is 9.03. The number of piperazine rings is 1. The summed E-state index contributed by atoms with van der Waals surface area (Å²) < 4.78 is 5.66. The Morgan fingerprint density at radius 3 is 2.65 bits per heavy atom. The van der Waals surface area contributed by atoms with E-state index in [4.69, 9.17) is 4.42 Å². The summed E-state index contributed by atoms with van der Waals surface area (Å²) in [5, 5.41) is 1.03. The highest BCUT2D eigenvalue weighted by Gasteiger charge is 2.23. The van der Waals surface area contributed by atoms with Crippen LogP contribution in [0.4, 0.5) is 5.95 Å². The Labute approximate surface area is 152 Å². The maximum absolute atomic E-state index is 12.7. The predicted molar refractivity (Wildman–Crippen MR) is 100 cm³/mol. The van der Waals surface area contributed by atoms with Crippen molar-refractivity contribution in [1.82, 2.24) is 14.9 Å². The number of anilines is 1. The van der Waals surface area contributed by atoms with E-state index in [0.29, 0.717) is 19.5 Å². The Morgan fingerprint density at radius 1 is 1.15 bits per heavy atom. The molecule has 1 saturated heterocycles. The molecule has 0 N–H and O–H groups in total. The van der Waals surface area contributed by atoms with Crippen LogP contribution in [0.5, 0.6) is 0 Å². The van der Waals surface area contributed by atoms with Gasteiger partial charge in [-0.25, -0.2) is 9.97 Å². The van der Waals surface area contributed by atoms with Crippen molar-refractivity contribution in [3.63, 3.8) is 0 Å². The van der Waals surface area contributed by atoms with E-state index >= 15 is 0 Å². The maximum atomic E-state index is 12.7. The van der Waals surface area contributed by atoms with Gasteiger partial charge in [-0.3, -0.25) is 4.79 Å². The first-order valence-corrected chi connectivity index (χ1v) is 9.03. The number of carbonyl (C=O) groups excluding carboxylic acids is 1. The van der Waals surface area contributed by atoms with Gasteiger partial charge in [-0.1, -0.05) is 19.1 Å². The van der Waals surface area contributed by atoms with E-state index in [0.717, 1.165) is 42.0 Å². The maximum Gasteiger partial charge on any atom is 0.227 e. The molecule has 0 saturated carbocycles. The normalized spacial score (nSPS) is 14.8. The Morgan fingerprint density at radius 2 is 1.92 bits per heavy atom. The molecule has 0 radical (unpaired) electrons. The first kappa shape index (κ1) is 16.6. The minimum Gasteiger partial charge on any atom is -0.464 e. The molecule has 1 amide bonds. The quantitative estimate of drug-likeness (QED) is 0.724. The van der Waals surface area contributed by atoms with Gasteiger partial charge in [-0.15, -0.1) is 0 Å². The highest BCUT2D eigenvalue weighted by atomic mass is 16.3. The van der Waals surface area contributed by atoms with Crippen LogP contribution in [-0.4, -0.2) is 47.0 Å². The second kappa shape index (κ2) is 7.15. The van der Waals surface area contributed by atoms with Gasteiger partial charge >= 0.3 is 0 Å². The zero-order chi connectivity index (χ0) is 17.9. The van der Waals surface area contributed by atoms with E-state index in [2.05, 4.69) is 40.0 Å². The van der Waals surface area contributed by atoms with E-state index in [1.807, 2.05) is 11.0 Å². The van der Waals surface area contributed by atoms with E-state index in [-0.39, 0.29) is 5.91 Å². The molecule has 0 aliphatic carbocycles. The standard InChI is InChI=1S/C20H22N4O2/c1-2-15-4-5-17-16(14-26-18(17)12-15)13-19(25)23-8-10-24(11-9-23)20-21-6-3-7-22-20/h3-7,12,14H,2,8-11,13H2,1H3. The molecule has 4 rings (SSSR count). The van der Waals surface area contributed by atoms with Crippen LogP contribution in [0, 0.1) is 0 Å². The topological polar surface area (TPSA) is 62.5 Å². The van der Waals surface area contributed by atoms with E-state index in [9.17, 15) is 4.79 Å². The molecule has 1 aliphatic heterocycles. The summed E-state index contributed by atoms with van der Waals surface area (Å²) in [5.41, 5.74) is 3.06. The molecule has 0 unspecified atom stereocenters. The SMILES string of the molecule is CCc1ccc2c(CC(=O)N3CCN(c4ncccn4)CC3)coc2c1. The molecule has 6 heteroatoms. The Balaban J connectivity index is 1.40. The highest BCUT2D eigenvalue weighted by Crippen LogP contribution is 2.24. The largest absolute Gasteiger partial charge is 0.464 e. The average Bonchev–Trinajstić information content (AvgIpc) is 3.10. The fourth-order valence-electron chi connectivity index (χ4n) is 3.37. The van der Waals surface area contributed by atoms with E-state index < -0.39 is 0 Å². The summed E-state index contributed by atoms with van der Waals surface area (Å²) in [4.78, 5) is 25.3. The van der Waals surface area contributed by atoms with Crippen molar-refractivity contribution in [2.75, 3.05) is 31.1 Å². The van der Waals surface area contributed by atoms with Crippen LogP contribution >= 0.6 is 0 Å². The van der Waals surface area contributed by atoms with Gasteiger partial charge in [0.25, 0.3) is 0 Å². The number of carbonyl (C=O) groups is 1. The van der Waals surface area contributed by atoms with Crippen LogP contribution in [0.1, 0.15) is 18.1 Å². The minimum atomic E-state index is 0.140. The Bertz CT molecular complexity index is 899. The van der Waals surface area contributed by atoms with Crippen molar-refractivity contribution in [3.05, 3.63) is 54.0 Å². The number of hydrogen-bond donors (Lipinski definition) is 0. The van der Waals surface area contributed by atoms with Gasteiger partial charge in [0, 0.05) is 49.5 Å². The zero-order valence-electron chi connectivity index (χ0n) is 14.9. The van der Waals surface area contributed by atoms with Crippen molar-refractivity contribution in [2.24, 2.45) is 0 Å². The Kier molecular flexibility index (Phi) is 4.56. The first-order chi connectivity index (χ1) is 12.7. The molecule has 6 nitrogen and oxygen atoms in total. The lowest BCUT2D eigenvalue weighted by molar-refractivity contribution is -0.130. The molecule has 1 fully saturated rings. The molecule has 1 aliphatic rings. The monoisotopic (exact) mass is 350 g/mol. The molecule has 134 valence electrons. The third-order valence-corrected chi connectivity index (χ3v) is 4.94. The molecule has 0 atom stereocenters. The number of furan rings is 1. The molecule has 2 aromatic heterocycles. The molecular weight excluding hydrogens is 328 g/mol. The van der Waals surface area contributed by atoms with Gasteiger partial charge in [0.1, 0.15) is 5.58 Å². The van der Waals surface area contributed by atoms with Crippen LogP contribution in [0.3, 0.4) is 0 Å². The average molecular weight is 350 g/mol. The number of aryl methyl sites for hydroxylation is 1. The molecule has 3 aromatic rings. The molecule has 0 spiro atoms. The molecular formula is C20H22N4O2. The Hall–Kier alpha value is -2.89. The van der Waals surface area contributed by atoms with Gasteiger partial charge in [0.15, 0.2) is 0 Å². The summed E-state index contributed by atoms with van der Waals surface area (Å²) in [6, 6.07) is 8.03. The number of amides is 1. The fraction of sp³-hybridized carbons (Fsp3) is 0.350. The zero-order valence-corrected chi connectivity index (χ0v) is 14.9. The van der Waals surface area contributed by atoms with E-state index in [1.165, 1.54) is 5.56 Å². The van der Waals surface area contributed by atoms with Crippen molar-refractivity contribution in [2.45, 2.75) is 19.8 Å². The smallest absolute Gasteiger partial charge is 0.227 e. The molecule has 1 aromatic carbocycles. The summed E-state index contributed by atoms with van der Waals surface area (Å²) in [6.45, 7) is 5.00. The second-order valence-corrected chi connectivity index (χ2v) is 6.54. The predicted octanol–water partition coefficient (Wildman–Crippen LogP) is 2.68. The van der Waals surface area contributed by atoms with Crippen LogP contribution in [0.2, 0.25) is 0 Å². The fourth-order valence-corrected chi connectivity index (χ4v) is 3.37. The number of rotatable bonds is 4. The van der Waals surface area contributed by atoms with Crippen LogP contribution in [0.25, 0.3) is 11.0 Å². The van der Waals surface area contributed by atoms with E-state index in [1.54, 1.807) is 18.7 Å².